The van der Waals surface area contributed by atoms with Crippen LogP contribution in [0.5, 0.6) is 0 Å². The molecule has 100 valence electrons. The Hall–Kier alpha value is -1.66. The molecule has 1 aromatic heterocycles. The maximum absolute atomic E-state index is 5.93. The number of nitrogens with two attached hydrogens (primary N) is 1. The average Bonchev–Trinajstić information content (AvgIpc) is 3.02. The Morgan fingerprint density at radius 2 is 2.32 bits per heavy atom. The molecule has 0 saturated carbocycles. The van der Waals surface area contributed by atoms with E-state index >= 15 is 0 Å². The van der Waals surface area contributed by atoms with Crippen LogP contribution in [-0.2, 0) is 10.3 Å². The van der Waals surface area contributed by atoms with Crippen LogP contribution in [0.2, 0.25) is 5.02 Å². The molecule has 2 aromatic rings. The van der Waals surface area contributed by atoms with Crippen molar-refractivity contribution in [3.05, 3.63) is 23.2 Å². The summed E-state index contributed by atoms with van der Waals surface area (Å²) in [7, 11) is 0. The Morgan fingerprint density at radius 1 is 1.47 bits per heavy atom. The third-order valence-electron chi connectivity index (χ3n) is 3.43. The summed E-state index contributed by atoms with van der Waals surface area (Å²) >= 11 is 5.93. The van der Waals surface area contributed by atoms with Gasteiger partial charge in [-0.05, 0) is 42.0 Å². The van der Waals surface area contributed by atoms with E-state index in [1.165, 1.54) is 0 Å². The molecule has 1 aromatic carbocycles. The minimum atomic E-state index is -0.215. The summed E-state index contributed by atoms with van der Waals surface area (Å²) in [5.41, 5.74) is 6.98. The molecule has 0 aliphatic carbocycles. The summed E-state index contributed by atoms with van der Waals surface area (Å²) in [6, 6.07) is 5.39. The number of ether oxygens (including phenoxy) is 1. The molecule has 7 heteroatoms. The van der Waals surface area contributed by atoms with Crippen molar-refractivity contribution in [2.45, 2.75) is 18.9 Å². The fourth-order valence-corrected chi connectivity index (χ4v) is 2.35. The summed E-state index contributed by atoms with van der Waals surface area (Å²) < 4.78 is 7.26. The zero-order valence-electron chi connectivity index (χ0n) is 10.5. The number of benzene rings is 1. The van der Waals surface area contributed by atoms with Gasteiger partial charge in [0.25, 0.3) is 0 Å². The van der Waals surface area contributed by atoms with Gasteiger partial charge in [0.1, 0.15) is 0 Å². The third-order valence-corrected chi connectivity index (χ3v) is 3.78. The maximum Gasteiger partial charge on any atom is 0.182 e. The van der Waals surface area contributed by atoms with Gasteiger partial charge in [-0.2, -0.15) is 0 Å². The molecule has 0 bridgehead atoms. The Morgan fingerprint density at radius 3 is 3.00 bits per heavy atom. The van der Waals surface area contributed by atoms with Crippen molar-refractivity contribution in [2.75, 3.05) is 18.9 Å². The second-order valence-electron chi connectivity index (χ2n) is 4.95. The van der Waals surface area contributed by atoms with Gasteiger partial charge in [0.05, 0.1) is 22.9 Å². The van der Waals surface area contributed by atoms with Crippen LogP contribution in [0.15, 0.2) is 18.2 Å². The van der Waals surface area contributed by atoms with Crippen molar-refractivity contribution in [3.8, 4) is 11.4 Å². The smallest absolute Gasteiger partial charge is 0.182 e. The lowest BCUT2D eigenvalue weighted by Gasteiger charge is -2.22. The molecular weight excluding hydrogens is 266 g/mol. The van der Waals surface area contributed by atoms with Gasteiger partial charge in [0, 0.05) is 12.2 Å². The molecule has 1 unspecified atom stereocenters. The summed E-state index contributed by atoms with van der Waals surface area (Å²) in [5.74, 6) is 0.677. The first-order chi connectivity index (χ1) is 9.10. The Bertz CT molecular complexity index is 606. The van der Waals surface area contributed by atoms with Crippen molar-refractivity contribution >= 4 is 17.3 Å². The molecule has 19 heavy (non-hydrogen) atoms. The van der Waals surface area contributed by atoms with Crippen LogP contribution in [-0.4, -0.2) is 33.4 Å². The van der Waals surface area contributed by atoms with E-state index in [-0.39, 0.29) is 5.54 Å². The highest BCUT2D eigenvalue weighted by Gasteiger charge is 2.35. The summed E-state index contributed by atoms with van der Waals surface area (Å²) in [6.07, 6.45) is 0.883. The van der Waals surface area contributed by atoms with Crippen LogP contribution in [0.25, 0.3) is 11.4 Å². The first-order valence-corrected chi connectivity index (χ1v) is 6.40. The molecule has 6 nitrogen and oxygen atoms in total. The van der Waals surface area contributed by atoms with Crippen LogP contribution in [0.3, 0.4) is 0 Å². The highest BCUT2D eigenvalue weighted by molar-refractivity contribution is 6.33. The van der Waals surface area contributed by atoms with Crippen LogP contribution < -0.4 is 5.73 Å². The van der Waals surface area contributed by atoms with Crippen LogP contribution in [0.4, 0.5) is 5.69 Å². The Labute approximate surface area is 115 Å². The predicted molar refractivity (Wildman–Crippen MR) is 71.8 cm³/mol. The van der Waals surface area contributed by atoms with Crippen molar-refractivity contribution in [2.24, 2.45) is 0 Å². The summed E-state index contributed by atoms with van der Waals surface area (Å²) in [6.45, 7) is 3.41. The fraction of sp³-hybridized carbons (Fsp3) is 0.417. The highest BCUT2D eigenvalue weighted by Crippen LogP contribution is 2.31. The second-order valence-corrected chi connectivity index (χ2v) is 5.36. The first kappa shape index (κ1) is 12.4. The average molecular weight is 280 g/mol. The van der Waals surface area contributed by atoms with Gasteiger partial charge in [0.15, 0.2) is 5.82 Å². The number of rotatable bonds is 2. The number of halogens is 1. The predicted octanol–water partition coefficient (Wildman–Crippen LogP) is 1.71. The highest BCUT2D eigenvalue weighted by atomic mass is 35.5. The van der Waals surface area contributed by atoms with Crippen LogP contribution in [0, 0.1) is 0 Å². The number of anilines is 1. The molecule has 0 radical (unpaired) electrons. The minimum absolute atomic E-state index is 0.215. The zero-order valence-corrected chi connectivity index (χ0v) is 11.3. The van der Waals surface area contributed by atoms with Crippen molar-refractivity contribution in [1.29, 1.82) is 0 Å². The molecule has 1 aliphatic heterocycles. The quantitative estimate of drug-likeness (QED) is 0.847. The molecule has 0 amide bonds. The van der Waals surface area contributed by atoms with E-state index in [0.717, 1.165) is 18.6 Å². The lowest BCUT2D eigenvalue weighted by molar-refractivity contribution is 0.155. The molecule has 1 aliphatic rings. The largest absolute Gasteiger partial charge is 0.398 e. The number of hydrogen-bond donors (Lipinski definition) is 1. The van der Waals surface area contributed by atoms with E-state index in [4.69, 9.17) is 22.1 Å². The van der Waals surface area contributed by atoms with E-state index in [1.54, 1.807) is 12.1 Å². The Kier molecular flexibility index (Phi) is 2.91. The normalized spacial score (nSPS) is 22.8. The van der Waals surface area contributed by atoms with Gasteiger partial charge < -0.3 is 10.5 Å². The maximum atomic E-state index is 5.93. The van der Waals surface area contributed by atoms with Gasteiger partial charge in [0.2, 0.25) is 0 Å². The second kappa shape index (κ2) is 4.47. The van der Waals surface area contributed by atoms with E-state index in [9.17, 15) is 0 Å². The monoisotopic (exact) mass is 279 g/mol. The first-order valence-electron chi connectivity index (χ1n) is 6.02. The van der Waals surface area contributed by atoms with Gasteiger partial charge in [-0.15, -0.1) is 5.10 Å². The molecule has 2 N–H and O–H groups in total. The van der Waals surface area contributed by atoms with Gasteiger partial charge in [-0.1, -0.05) is 11.6 Å². The minimum Gasteiger partial charge on any atom is -0.398 e. The number of nitrogen functional groups attached to an aromatic ring is 1. The summed E-state index contributed by atoms with van der Waals surface area (Å²) in [5, 5.41) is 12.5. The molecule has 2 heterocycles. The number of aromatic nitrogens is 4. The standard InChI is InChI=1S/C12H14ClN5O/c1-12(4-5-19-7-12)18-11(15-16-17-18)8-2-3-9(13)10(14)6-8/h2-3,6H,4-5,7,14H2,1H3. The molecule has 0 spiro atoms. The molecular formula is C12H14ClN5O. The van der Waals surface area contributed by atoms with Gasteiger partial charge in [-0.3, -0.25) is 0 Å². The van der Waals surface area contributed by atoms with Crippen molar-refractivity contribution in [3.63, 3.8) is 0 Å². The number of hydrogen-bond acceptors (Lipinski definition) is 5. The molecule has 1 fully saturated rings. The molecule has 3 rings (SSSR count). The number of tetrazole rings is 1. The fourth-order valence-electron chi connectivity index (χ4n) is 2.24. The lowest BCUT2D eigenvalue weighted by Crippen LogP contribution is -2.32. The third kappa shape index (κ3) is 2.06. The van der Waals surface area contributed by atoms with E-state index in [0.29, 0.717) is 23.1 Å². The van der Waals surface area contributed by atoms with Gasteiger partial charge >= 0.3 is 0 Å². The van der Waals surface area contributed by atoms with Crippen LogP contribution >= 0.6 is 11.6 Å². The van der Waals surface area contributed by atoms with E-state index in [1.807, 2.05) is 10.7 Å². The van der Waals surface area contributed by atoms with Crippen LogP contribution in [0.1, 0.15) is 13.3 Å². The summed E-state index contributed by atoms with van der Waals surface area (Å²) in [4.78, 5) is 0. The topological polar surface area (TPSA) is 78.9 Å². The molecule has 1 atom stereocenters. The van der Waals surface area contributed by atoms with Gasteiger partial charge in [-0.25, -0.2) is 4.68 Å². The van der Waals surface area contributed by atoms with E-state index in [2.05, 4.69) is 22.4 Å². The SMILES string of the molecule is CC1(n2nnnc2-c2ccc(Cl)c(N)c2)CCOC1. The van der Waals surface area contributed by atoms with Crippen molar-refractivity contribution in [1.82, 2.24) is 20.2 Å². The number of nitrogens with zero attached hydrogens (tertiary/aromatic N) is 4. The zero-order chi connectivity index (χ0) is 13.5. The van der Waals surface area contributed by atoms with Crippen molar-refractivity contribution < 1.29 is 4.74 Å². The van der Waals surface area contributed by atoms with E-state index < -0.39 is 0 Å². The Balaban J connectivity index is 2.06. The lowest BCUT2D eigenvalue weighted by atomic mass is 10.0. The molecule has 1 saturated heterocycles.